The zero-order valence-corrected chi connectivity index (χ0v) is 10.9. The lowest BCUT2D eigenvalue weighted by Gasteiger charge is -2.14. The number of benzene rings is 1. The summed E-state index contributed by atoms with van der Waals surface area (Å²) in [5.41, 5.74) is 5.61. The number of nitrogens with two attached hydrogens (primary N) is 1. The predicted octanol–water partition coefficient (Wildman–Crippen LogP) is 1.77. The van der Waals surface area contributed by atoms with Crippen LogP contribution in [0, 0.1) is 0 Å². The van der Waals surface area contributed by atoms with Crippen LogP contribution in [0.5, 0.6) is 0 Å². The normalized spacial score (nSPS) is 12.4. The number of nitrogens with one attached hydrogen (secondary N) is 1. The van der Waals surface area contributed by atoms with E-state index in [1.807, 2.05) is 30.3 Å². The fourth-order valence-electron chi connectivity index (χ4n) is 2.19. The molecule has 0 radical (unpaired) electrons. The van der Waals surface area contributed by atoms with Crippen LogP contribution in [0.1, 0.15) is 17.4 Å². The maximum atomic E-state index is 5.63. The molecule has 1 atom stereocenters. The van der Waals surface area contributed by atoms with Crippen LogP contribution in [0.25, 0.3) is 10.9 Å². The highest BCUT2D eigenvalue weighted by atomic mass is 15.2. The molecule has 0 aliphatic carbocycles. The largest absolute Gasteiger partial charge is 0.271 e. The van der Waals surface area contributed by atoms with E-state index in [0.717, 1.165) is 22.3 Å². The summed E-state index contributed by atoms with van der Waals surface area (Å²) in [7, 11) is 0. The Morgan fingerprint density at radius 3 is 2.80 bits per heavy atom. The van der Waals surface area contributed by atoms with E-state index in [0.29, 0.717) is 6.42 Å². The third-order valence-corrected chi connectivity index (χ3v) is 3.23. The van der Waals surface area contributed by atoms with Crippen LogP contribution in [0.15, 0.2) is 55.0 Å². The van der Waals surface area contributed by atoms with Crippen molar-refractivity contribution in [1.82, 2.24) is 20.4 Å². The van der Waals surface area contributed by atoms with Gasteiger partial charge in [-0.25, -0.2) is 9.97 Å². The van der Waals surface area contributed by atoms with Gasteiger partial charge in [-0.1, -0.05) is 24.3 Å². The van der Waals surface area contributed by atoms with Gasteiger partial charge in [-0.2, -0.15) is 0 Å². The van der Waals surface area contributed by atoms with Crippen molar-refractivity contribution in [3.05, 3.63) is 66.4 Å². The lowest BCUT2D eigenvalue weighted by molar-refractivity contribution is 0.532. The quantitative estimate of drug-likeness (QED) is 0.555. The fraction of sp³-hybridized carbons (Fsp3) is 0.133. The molecule has 3 rings (SSSR count). The Kier molecular flexibility index (Phi) is 3.62. The molecular formula is C15H15N5. The summed E-state index contributed by atoms with van der Waals surface area (Å²) in [6.07, 6.45) is 3.91. The third kappa shape index (κ3) is 2.64. The summed E-state index contributed by atoms with van der Waals surface area (Å²) >= 11 is 0. The Morgan fingerprint density at radius 2 is 2.00 bits per heavy atom. The third-order valence-electron chi connectivity index (χ3n) is 3.23. The Morgan fingerprint density at radius 1 is 1.10 bits per heavy atom. The molecule has 1 unspecified atom stereocenters. The molecule has 20 heavy (non-hydrogen) atoms. The molecule has 3 N–H and O–H groups in total. The molecule has 0 spiro atoms. The number of hydrogen-bond donors (Lipinski definition) is 2. The number of hydrogen-bond acceptors (Lipinski definition) is 5. The monoisotopic (exact) mass is 265 g/mol. The SMILES string of the molecule is NNC(Cc1ccc2ccccc2n1)c1ccncn1. The second-order valence-electron chi connectivity index (χ2n) is 4.55. The van der Waals surface area contributed by atoms with Crippen LogP contribution >= 0.6 is 0 Å². The van der Waals surface area contributed by atoms with Gasteiger partial charge in [0, 0.05) is 23.7 Å². The van der Waals surface area contributed by atoms with Gasteiger partial charge < -0.3 is 0 Å². The molecule has 3 aromatic rings. The number of nitrogens with zero attached hydrogens (tertiary/aromatic N) is 3. The van der Waals surface area contributed by atoms with E-state index in [1.165, 1.54) is 6.33 Å². The van der Waals surface area contributed by atoms with E-state index in [4.69, 9.17) is 5.84 Å². The van der Waals surface area contributed by atoms with Crippen LogP contribution in [-0.2, 0) is 6.42 Å². The second kappa shape index (κ2) is 5.73. The Labute approximate surface area is 116 Å². The molecule has 0 aliphatic rings. The van der Waals surface area contributed by atoms with E-state index >= 15 is 0 Å². The molecule has 100 valence electrons. The topological polar surface area (TPSA) is 76.7 Å². The summed E-state index contributed by atoms with van der Waals surface area (Å²) < 4.78 is 0. The van der Waals surface area contributed by atoms with Gasteiger partial charge >= 0.3 is 0 Å². The average molecular weight is 265 g/mol. The molecule has 5 heteroatoms. The second-order valence-corrected chi connectivity index (χ2v) is 4.55. The van der Waals surface area contributed by atoms with Gasteiger partial charge in [0.1, 0.15) is 6.33 Å². The Hall–Kier alpha value is -2.37. The van der Waals surface area contributed by atoms with Crippen LogP contribution in [0.3, 0.4) is 0 Å². The van der Waals surface area contributed by atoms with Crippen molar-refractivity contribution in [2.45, 2.75) is 12.5 Å². The number of aromatic nitrogens is 3. The molecular weight excluding hydrogens is 250 g/mol. The van der Waals surface area contributed by atoms with Gasteiger partial charge in [0.15, 0.2) is 0 Å². The van der Waals surface area contributed by atoms with Crippen molar-refractivity contribution in [2.24, 2.45) is 5.84 Å². The molecule has 1 aromatic carbocycles. The molecule has 0 bridgehead atoms. The highest BCUT2D eigenvalue weighted by Gasteiger charge is 2.12. The van der Waals surface area contributed by atoms with E-state index in [9.17, 15) is 0 Å². The lowest BCUT2D eigenvalue weighted by Crippen LogP contribution is -2.30. The van der Waals surface area contributed by atoms with Gasteiger partial charge in [-0.3, -0.25) is 16.3 Å². The molecule has 0 aliphatic heterocycles. The summed E-state index contributed by atoms with van der Waals surface area (Å²) in [6.45, 7) is 0. The number of fused-ring (bicyclic) bond motifs is 1. The molecule has 5 nitrogen and oxygen atoms in total. The van der Waals surface area contributed by atoms with Crippen LogP contribution in [0.4, 0.5) is 0 Å². The maximum Gasteiger partial charge on any atom is 0.115 e. The first-order valence-electron chi connectivity index (χ1n) is 6.43. The van der Waals surface area contributed by atoms with Crippen molar-refractivity contribution >= 4 is 10.9 Å². The number of pyridine rings is 1. The number of para-hydroxylation sites is 1. The lowest BCUT2D eigenvalue weighted by atomic mass is 10.1. The molecule has 0 saturated heterocycles. The number of rotatable bonds is 4. The van der Waals surface area contributed by atoms with Crippen LogP contribution in [0.2, 0.25) is 0 Å². The van der Waals surface area contributed by atoms with E-state index in [1.54, 1.807) is 6.20 Å². The smallest absolute Gasteiger partial charge is 0.115 e. The van der Waals surface area contributed by atoms with Gasteiger partial charge in [-0.15, -0.1) is 0 Å². The molecule has 0 fully saturated rings. The minimum absolute atomic E-state index is 0.0772. The minimum atomic E-state index is -0.0772. The van der Waals surface area contributed by atoms with Crippen molar-refractivity contribution < 1.29 is 0 Å². The van der Waals surface area contributed by atoms with E-state index < -0.39 is 0 Å². The summed E-state index contributed by atoms with van der Waals surface area (Å²) in [5.74, 6) is 5.63. The molecule has 0 amide bonds. The molecule has 0 saturated carbocycles. The van der Waals surface area contributed by atoms with Crippen molar-refractivity contribution in [3.8, 4) is 0 Å². The molecule has 2 heterocycles. The van der Waals surface area contributed by atoms with Crippen LogP contribution < -0.4 is 11.3 Å². The van der Waals surface area contributed by atoms with Crippen molar-refractivity contribution in [2.75, 3.05) is 0 Å². The van der Waals surface area contributed by atoms with E-state index in [-0.39, 0.29) is 6.04 Å². The van der Waals surface area contributed by atoms with Gasteiger partial charge in [0.25, 0.3) is 0 Å². The first-order valence-corrected chi connectivity index (χ1v) is 6.43. The zero-order chi connectivity index (χ0) is 13.8. The van der Waals surface area contributed by atoms with Crippen molar-refractivity contribution in [3.63, 3.8) is 0 Å². The average Bonchev–Trinajstić information content (AvgIpc) is 2.53. The van der Waals surface area contributed by atoms with Crippen LogP contribution in [-0.4, -0.2) is 15.0 Å². The Bertz CT molecular complexity index is 699. The first kappa shape index (κ1) is 12.7. The van der Waals surface area contributed by atoms with Gasteiger partial charge in [0.2, 0.25) is 0 Å². The maximum absolute atomic E-state index is 5.63. The van der Waals surface area contributed by atoms with Gasteiger partial charge in [-0.05, 0) is 18.2 Å². The first-order chi connectivity index (χ1) is 9.86. The Balaban J connectivity index is 1.87. The highest BCUT2D eigenvalue weighted by Crippen LogP contribution is 2.17. The predicted molar refractivity (Wildman–Crippen MR) is 77.5 cm³/mol. The number of hydrazine groups is 1. The standard InChI is InChI=1S/C15H15N5/c16-20-15(14-7-8-17-10-18-14)9-12-6-5-11-3-1-2-4-13(11)19-12/h1-8,10,15,20H,9,16H2. The minimum Gasteiger partial charge on any atom is -0.271 e. The highest BCUT2D eigenvalue weighted by molar-refractivity contribution is 5.78. The summed E-state index contributed by atoms with van der Waals surface area (Å²) in [6, 6.07) is 13.9. The fourth-order valence-corrected chi connectivity index (χ4v) is 2.19. The van der Waals surface area contributed by atoms with Gasteiger partial charge in [0.05, 0.1) is 17.3 Å². The van der Waals surface area contributed by atoms with Crippen molar-refractivity contribution in [1.29, 1.82) is 0 Å². The summed E-state index contributed by atoms with van der Waals surface area (Å²) in [4.78, 5) is 12.8. The van der Waals surface area contributed by atoms with E-state index in [2.05, 4.69) is 32.5 Å². The summed E-state index contributed by atoms with van der Waals surface area (Å²) in [5, 5.41) is 1.13. The molecule has 2 aromatic heterocycles. The zero-order valence-electron chi connectivity index (χ0n) is 10.9.